The molecule has 0 amide bonds. The zero-order valence-electron chi connectivity index (χ0n) is 14.8. The van der Waals surface area contributed by atoms with E-state index < -0.39 is 0 Å². The average molecular weight is 374 g/mol. The molecule has 0 atom stereocenters. The number of halogens is 1. The topological polar surface area (TPSA) is 62.3 Å². The van der Waals surface area contributed by atoms with Crippen molar-refractivity contribution in [2.45, 2.75) is 38.5 Å². The Morgan fingerprint density at radius 2 is 1.54 bits per heavy atom. The normalized spacial score (nSPS) is 11.3. The van der Waals surface area contributed by atoms with Crippen LogP contribution in [0.1, 0.15) is 38.5 Å². The summed E-state index contributed by atoms with van der Waals surface area (Å²) in [6.45, 7) is 0.948. The summed E-state index contributed by atoms with van der Waals surface area (Å²) in [4.78, 5) is 15.9. The summed E-state index contributed by atoms with van der Waals surface area (Å²) in [6.07, 6.45) is 6.44. The van der Waals surface area contributed by atoms with Gasteiger partial charge in [-0.2, -0.15) is 0 Å². The fourth-order valence-electron chi connectivity index (χ4n) is 3.13. The Morgan fingerprint density at radius 1 is 0.885 bits per heavy atom. The first-order chi connectivity index (χ1) is 12.7. The minimum atomic E-state index is -0.000143. The molecule has 0 fully saturated rings. The maximum absolute atomic E-state index is 12.6. The van der Waals surface area contributed by atoms with Crippen molar-refractivity contribution in [3.63, 3.8) is 0 Å². The van der Waals surface area contributed by atoms with Crippen LogP contribution in [0.25, 0.3) is 21.8 Å². The van der Waals surface area contributed by atoms with Crippen LogP contribution in [0.5, 0.6) is 5.75 Å². The highest BCUT2D eigenvalue weighted by Gasteiger charge is 2.07. The Balaban J connectivity index is 1.64. The average Bonchev–Trinajstić information content (AvgIpc) is 2.63. The van der Waals surface area contributed by atoms with Crippen molar-refractivity contribution in [1.29, 1.82) is 0 Å². The van der Waals surface area contributed by atoms with Gasteiger partial charge in [0.2, 0.25) is 0 Å². The molecule has 0 unspecified atom stereocenters. The number of fused-ring (bicyclic) bond motifs is 2. The van der Waals surface area contributed by atoms with Gasteiger partial charge in [-0.15, -0.1) is 0 Å². The van der Waals surface area contributed by atoms with E-state index in [9.17, 15) is 4.79 Å². The fraction of sp³-hybridized carbons (Fsp3) is 0.381. The largest absolute Gasteiger partial charge is 0.494 e. The SMILES string of the molecule is O=c1c2ccc(Cl)cc2[nH]c2cc(OCCCCCCCCO)ccc12. The number of benzene rings is 2. The van der Waals surface area contributed by atoms with Crippen LogP contribution in [0.15, 0.2) is 41.2 Å². The number of nitrogens with one attached hydrogen (secondary N) is 1. The summed E-state index contributed by atoms with van der Waals surface area (Å²) in [5, 5.41) is 10.6. The maximum Gasteiger partial charge on any atom is 0.197 e. The van der Waals surface area contributed by atoms with Crippen LogP contribution in [0, 0.1) is 0 Å². The molecule has 0 bridgehead atoms. The number of hydrogen-bond donors (Lipinski definition) is 2. The number of ether oxygens (including phenoxy) is 1. The standard InChI is InChI=1S/C21H24ClNO3/c22-15-7-9-17-19(13-15)23-20-14-16(8-10-18(20)21(17)25)26-12-6-4-2-1-3-5-11-24/h7-10,13-14,24H,1-6,11-12H2,(H,23,25). The smallest absolute Gasteiger partial charge is 0.197 e. The van der Waals surface area contributed by atoms with E-state index in [0.717, 1.165) is 48.9 Å². The number of aromatic amines is 1. The Morgan fingerprint density at radius 3 is 2.31 bits per heavy atom. The third-order valence-corrected chi connectivity index (χ3v) is 4.79. The number of aromatic nitrogens is 1. The lowest BCUT2D eigenvalue weighted by atomic mass is 10.1. The van der Waals surface area contributed by atoms with Gasteiger partial charge in [-0.05, 0) is 43.2 Å². The van der Waals surface area contributed by atoms with Gasteiger partial charge in [-0.25, -0.2) is 0 Å². The van der Waals surface area contributed by atoms with Crippen LogP contribution in [-0.2, 0) is 0 Å². The van der Waals surface area contributed by atoms with Gasteiger partial charge in [0.15, 0.2) is 5.43 Å². The molecule has 1 heterocycles. The van der Waals surface area contributed by atoms with Crippen molar-refractivity contribution in [1.82, 2.24) is 4.98 Å². The van der Waals surface area contributed by atoms with Gasteiger partial charge in [0.25, 0.3) is 0 Å². The number of pyridine rings is 1. The molecule has 0 aliphatic carbocycles. The van der Waals surface area contributed by atoms with E-state index in [-0.39, 0.29) is 12.0 Å². The number of rotatable bonds is 9. The molecule has 5 heteroatoms. The van der Waals surface area contributed by atoms with Gasteiger partial charge in [-0.1, -0.05) is 37.3 Å². The predicted molar refractivity (Wildman–Crippen MR) is 107 cm³/mol. The molecule has 138 valence electrons. The van der Waals surface area contributed by atoms with Crippen molar-refractivity contribution in [3.05, 3.63) is 51.6 Å². The molecule has 3 rings (SSSR count). The maximum atomic E-state index is 12.6. The monoisotopic (exact) mass is 373 g/mol. The highest BCUT2D eigenvalue weighted by Crippen LogP contribution is 2.22. The van der Waals surface area contributed by atoms with E-state index in [1.807, 2.05) is 18.2 Å². The zero-order chi connectivity index (χ0) is 18.4. The van der Waals surface area contributed by atoms with E-state index in [2.05, 4.69) is 4.98 Å². The molecule has 0 saturated heterocycles. The van der Waals surface area contributed by atoms with Gasteiger partial charge in [0, 0.05) is 28.5 Å². The van der Waals surface area contributed by atoms with E-state index in [4.69, 9.17) is 21.4 Å². The highest BCUT2D eigenvalue weighted by atomic mass is 35.5. The summed E-state index contributed by atoms with van der Waals surface area (Å²) in [5.41, 5.74) is 1.49. The fourth-order valence-corrected chi connectivity index (χ4v) is 3.31. The van der Waals surface area contributed by atoms with Gasteiger partial charge in [-0.3, -0.25) is 4.79 Å². The van der Waals surface area contributed by atoms with E-state index in [1.165, 1.54) is 6.42 Å². The third kappa shape index (κ3) is 4.57. The summed E-state index contributed by atoms with van der Waals surface area (Å²) in [6, 6.07) is 10.8. The van der Waals surface area contributed by atoms with Crippen LogP contribution in [-0.4, -0.2) is 23.3 Å². The molecule has 1 aromatic heterocycles. The molecule has 4 nitrogen and oxygen atoms in total. The van der Waals surface area contributed by atoms with E-state index in [1.54, 1.807) is 18.2 Å². The zero-order valence-corrected chi connectivity index (χ0v) is 15.5. The number of aliphatic hydroxyl groups excluding tert-OH is 1. The first kappa shape index (κ1) is 18.7. The molecule has 0 aliphatic heterocycles. The molecule has 0 aliphatic rings. The minimum Gasteiger partial charge on any atom is -0.494 e. The van der Waals surface area contributed by atoms with Gasteiger partial charge < -0.3 is 14.8 Å². The Kier molecular flexibility index (Phi) is 6.53. The van der Waals surface area contributed by atoms with Crippen molar-refractivity contribution in [3.8, 4) is 5.75 Å². The summed E-state index contributed by atoms with van der Waals surface area (Å²) < 4.78 is 5.83. The van der Waals surface area contributed by atoms with Crippen LogP contribution in [0.2, 0.25) is 5.02 Å². The lowest BCUT2D eigenvalue weighted by molar-refractivity contribution is 0.280. The van der Waals surface area contributed by atoms with E-state index >= 15 is 0 Å². The number of aliphatic hydroxyl groups is 1. The predicted octanol–water partition coefficient (Wildman–Crippen LogP) is 5.05. The lowest BCUT2D eigenvalue weighted by Gasteiger charge is -2.08. The molecule has 3 aromatic rings. The molecular weight excluding hydrogens is 350 g/mol. The van der Waals surface area contributed by atoms with E-state index in [0.29, 0.717) is 22.4 Å². The Hall–Kier alpha value is -2.04. The Bertz CT molecular complexity index is 936. The van der Waals surface area contributed by atoms with Crippen molar-refractivity contribution >= 4 is 33.4 Å². The van der Waals surface area contributed by atoms with Crippen LogP contribution in [0.3, 0.4) is 0 Å². The lowest BCUT2D eigenvalue weighted by Crippen LogP contribution is -2.04. The van der Waals surface area contributed by atoms with Crippen LogP contribution in [0.4, 0.5) is 0 Å². The van der Waals surface area contributed by atoms with Crippen LogP contribution >= 0.6 is 11.6 Å². The highest BCUT2D eigenvalue weighted by molar-refractivity contribution is 6.31. The van der Waals surface area contributed by atoms with Gasteiger partial charge >= 0.3 is 0 Å². The van der Waals surface area contributed by atoms with Gasteiger partial charge in [0.1, 0.15) is 5.75 Å². The second-order valence-electron chi connectivity index (χ2n) is 6.54. The molecule has 0 saturated carbocycles. The molecule has 0 spiro atoms. The molecule has 0 radical (unpaired) electrons. The van der Waals surface area contributed by atoms with Gasteiger partial charge in [0.05, 0.1) is 17.6 Å². The number of hydrogen-bond acceptors (Lipinski definition) is 3. The number of unbranched alkanes of at least 4 members (excludes halogenated alkanes) is 5. The second kappa shape index (κ2) is 9.06. The minimum absolute atomic E-state index is 0.000143. The summed E-state index contributed by atoms with van der Waals surface area (Å²) >= 11 is 6.03. The molecule has 2 N–H and O–H groups in total. The summed E-state index contributed by atoms with van der Waals surface area (Å²) in [5.74, 6) is 0.759. The second-order valence-corrected chi connectivity index (χ2v) is 6.98. The molecular formula is C21H24ClNO3. The molecule has 2 aromatic carbocycles. The van der Waals surface area contributed by atoms with Crippen LogP contribution < -0.4 is 10.2 Å². The quantitative estimate of drug-likeness (QED) is 0.407. The van der Waals surface area contributed by atoms with Crippen molar-refractivity contribution < 1.29 is 9.84 Å². The first-order valence-corrected chi connectivity index (χ1v) is 9.56. The van der Waals surface area contributed by atoms with Crippen molar-refractivity contribution in [2.24, 2.45) is 0 Å². The number of H-pyrrole nitrogens is 1. The molecule has 26 heavy (non-hydrogen) atoms. The summed E-state index contributed by atoms with van der Waals surface area (Å²) in [7, 11) is 0. The Labute approximate surface area is 157 Å². The van der Waals surface area contributed by atoms with Crippen molar-refractivity contribution in [2.75, 3.05) is 13.2 Å². The third-order valence-electron chi connectivity index (χ3n) is 4.55. The first-order valence-electron chi connectivity index (χ1n) is 9.18.